The first kappa shape index (κ1) is 32.6. The van der Waals surface area contributed by atoms with Gasteiger partial charge in [-0.2, -0.15) is 0 Å². The average Bonchev–Trinajstić information content (AvgIpc) is 3.85. The molecule has 3 aromatic heterocycles. The smallest absolute Gasteiger partial charge is 0.164 e. The molecule has 0 radical (unpaired) electrons. The Bertz CT molecular complexity index is 3250. The molecule has 0 spiro atoms. The van der Waals surface area contributed by atoms with E-state index in [1.165, 1.54) is 62.6 Å². The van der Waals surface area contributed by atoms with Gasteiger partial charge in [0.1, 0.15) is 0 Å². The van der Waals surface area contributed by atoms with Gasteiger partial charge in [-0.05, 0) is 63.7 Å². The standard InChI is InChI=1S/C51H31N3S2/c1-3-14-32(15-4-1)34-18-11-19-35(30-34)50-52-49(33-16-5-2-6-17-33)53-51(54-50)36-28-29-42-46(31-36)56-45-27-13-24-40(48(42)45)38-21-8-7-20-37(38)39-23-12-26-44-47(39)41-22-9-10-25-43(41)55-44/h1-31H. The first-order valence-electron chi connectivity index (χ1n) is 18.7. The van der Waals surface area contributed by atoms with Gasteiger partial charge in [0.15, 0.2) is 17.5 Å². The van der Waals surface area contributed by atoms with Crippen molar-refractivity contribution >= 4 is 63.0 Å². The molecule has 0 aliphatic rings. The number of benzene rings is 8. The topological polar surface area (TPSA) is 38.7 Å². The van der Waals surface area contributed by atoms with Crippen molar-refractivity contribution in [3.63, 3.8) is 0 Å². The minimum atomic E-state index is 0.649. The highest BCUT2D eigenvalue weighted by Crippen LogP contribution is 2.46. The van der Waals surface area contributed by atoms with E-state index in [-0.39, 0.29) is 0 Å². The molecule has 0 N–H and O–H groups in total. The maximum Gasteiger partial charge on any atom is 0.164 e. The van der Waals surface area contributed by atoms with Crippen molar-refractivity contribution in [3.05, 3.63) is 188 Å². The van der Waals surface area contributed by atoms with Crippen LogP contribution in [0.2, 0.25) is 0 Å². The van der Waals surface area contributed by atoms with Crippen LogP contribution in [0.1, 0.15) is 0 Å². The lowest BCUT2D eigenvalue weighted by Gasteiger charge is -2.13. The Morgan fingerprint density at radius 2 is 0.714 bits per heavy atom. The number of hydrogen-bond donors (Lipinski definition) is 0. The molecule has 8 aromatic carbocycles. The molecule has 0 atom stereocenters. The normalized spacial score (nSPS) is 11.6. The number of nitrogens with zero attached hydrogens (tertiary/aromatic N) is 3. The largest absolute Gasteiger partial charge is 0.208 e. The fourth-order valence-corrected chi connectivity index (χ4v) is 10.3. The van der Waals surface area contributed by atoms with Crippen LogP contribution >= 0.6 is 22.7 Å². The molecule has 3 nitrogen and oxygen atoms in total. The van der Waals surface area contributed by atoms with Gasteiger partial charge in [-0.25, -0.2) is 15.0 Å². The van der Waals surface area contributed by atoms with Gasteiger partial charge < -0.3 is 0 Å². The second kappa shape index (κ2) is 13.5. The molecule has 0 fully saturated rings. The molecule has 5 heteroatoms. The van der Waals surface area contributed by atoms with Crippen LogP contribution in [0.15, 0.2) is 188 Å². The van der Waals surface area contributed by atoms with Crippen LogP contribution in [0.25, 0.3) is 108 Å². The van der Waals surface area contributed by atoms with Crippen molar-refractivity contribution in [1.82, 2.24) is 15.0 Å². The second-order valence-electron chi connectivity index (χ2n) is 13.9. The summed E-state index contributed by atoms with van der Waals surface area (Å²) in [5.74, 6) is 1.95. The van der Waals surface area contributed by atoms with E-state index in [9.17, 15) is 0 Å². The van der Waals surface area contributed by atoms with Crippen LogP contribution in [0.3, 0.4) is 0 Å². The molecule has 0 saturated heterocycles. The fraction of sp³-hybridized carbons (Fsp3) is 0. The summed E-state index contributed by atoms with van der Waals surface area (Å²) in [6.07, 6.45) is 0. The monoisotopic (exact) mass is 749 g/mol. The second-order valence-corrected chi connectivity index (χ2v) is 16.1. The van der Waals surface area contributed by atoms with Gasteiger partial charge in [-0.15, -0.1) is 22.7 Å². The molecular weight excluding hydrogens is 719 g/mol. The van der Waals surface area contributed by atoms with Gasteiger partial charge in [0.05, 0.1) is 0 Å². The first-order valence-corrected chi connectivity index (χ1v) is 20.3. The van der Waals surface area contributed by atoms with E-state index in [4.69, 9.17) is 15.0 Å². The summed E-state index contributed by atoms with van der Waals surface area (Å²) in [6, 6.07) is 66.8. The van der Waals surface area contributed by atoms with Crippen LogP contribution in [-0.2, 0) is 0 Å². The van der Waals surface area contributed by atoms with Gasteiger partial charge in [0.25, 0.3) is 0 Å². The van der Waals surface area contributed by atoms with Crippen LogP contribution in [0.4, 0.5) is 0 Å². The Balaban J connectivity index is 1.06. The van der Waals surface area contributed by atoms with E-state index in [2.05, 4.69) is 164 Å². The predicted molar refractivity (Wildman–Crippen MR) is 238 cm³/mol. The van der Waals surface area contributed by atoms with E-state index in [1.807, 2.05) is 46.9 Å². The minimum absolute atomic E-state index is 0.649. The van der Waals surface area contributed by atoms with Crippen LogP contribution in [0, 0.1) is 0 Å². The molecule has 262 valence electrons. The van der Waals surface area contributed by atoms with Gasteiger partial charge >= 0.3 is 0 Å². The van der Waals surface area contributed by atoms with Gasteiger partial charge in [-0.3, -0.25) is 0 Å². The van der Waals surface area contributed by atoms with Crippen LogP contribution in [0.5, 0.6) is 0 Å². The minimum Gasteiger partial charge on any atom is -0.208 e. The van der Waals surface area contributed by atoms with E-state index in [1.54, 1.807) is 0 Å². The van der Waals surface area contributed by atoms with Gasteiger partial charge in [-0.1, -0.05) is 158 Å². The molecule has 56 heavy (non-hydrogen) atoms. The highest BCUT2D eigenvalue weighted by Gasteiger charge is 2.19. The van der Waals surface area contributed by atoms with E-state index in [0.29, 0.717) is 17.5 Å². The third-order valence-electron chi connectivity index (χ3n) is 10.6. The van der Waals surface area contributed by atoms with Crippen molar-refractivity contribution in [2.45, 2.75) is 0 Å². The molecule has 0 aliphatic heterocycles. The molecule has 11 rings (SSSR count). The molecule has 11 aromatic rings. The summed E-state index contributed by atoms with van der Waals surface area (Å²) >= 11 is 3.68. The van der Waals surface area contributed by atoms with Gasteiger partial charge in [0, 0.05) is 57.0 Å². The van der Waals surface area contributed by atoms with Crippen molar-refractivity contribution in [3.8, 4) is 67.5 Å². The fourth-order valence-electron chi connectivity index (χ4n) is 7.96. The summed E-state index contributed by atoms with van der Waals surface area (Å²) in [6.45, 7) is 0. The molecule has 0 bridgehead atoms. The quantitative estimate of drug-likeness (QED) is 0.170. The zero-order chi connectivity index (χ0) is 37.0. The summed E-state index contributed by atoms with van der Waals surface area (Å²) in [7, 11) is 0. The zero-order valence-corrected chi connectivity index (χ0v) is 31.7. The third kappa shape index (κ3) is 5.60. The molecule has 0 unspecified atom stereocenters. The van der Waals surface area contributed by atoms with Crippen molar-refractivity contribution in [1.29, 1.82) is 0 Å². The maximum absolute atomic E-state index is 5.13. The Kier molecular flexibility index (Phi) is 7.87. The summed E-state index contributed by atoms with van der Waals surface area (Å²) < 4.78 is 5.08. The first-order chi connectivity index (χ1) is 27.7. The Hall–Kier alpha value is -6.79. The SMILES string of the molecule is c1ccc(-c2cccc(-c3nc(-c4ccccc4)nc(-c4ccc5c(c4)sc4cccc(-c6ccccc6-c6cccc7sc8ccccc8c67)c45)n3)c2)cc1. The third-order valence-corrected chi connectivity index (χ3v) is 12.8. The van der Waals surface area contributed by atoms with Gasteiger partial charge in [0.2, 0.25) is 0 Å². The number of hydrogen-bond acceptors (Lipinski definition) is 5. The number of rotatable bonds is 6. The molecule has 0 saturated carbocycles. The molecule has 0 amide bonds. The van der Waals surface area contributed by atoms with E-state index >= 15 is 0 Å². The van der Waals surface area contributed by atoms with E-state index < -0.39 is 0 Å². The predicted octanol–water partition coefficient (Wildman–Crippen LogP) is 14.6. The van der Waals surface area contributed by atoms with Crippen molar-refractivity contribution in [2.24, 2.45) is 0 Å². The average molecular weight is 750 g/mol. The lowest BCUT2D eigenvalue weighted by molar-refractivity contribution is 1.07. The summed E-state index contributed by atoms with van der Waals surface area (Å²) in [5, 5.41) is 5.13. The van der Waals surface area contributed by atoms with E-state index in [0.717, 1.165) is 27.8 Å². The molecule has 3 heterocycles. The van der Waals surface area contributed by atoms with Crippen molar-refractivity contribution in [2.75, 3.05) is 0 Å². The Labute approximate surface area is 331 Å². The van der Waals surface area contributed by atoms with Crippen LogP contribution < -0.4 is 0 Å². The lowest BCUT2D eigenvalue weighted by atomic mass is 9.90. The highest BCUT2D eigenvalue weighted by atomic mass is 32.1. The number of thiophene rings is 2. The van der Waals surface area contributed by atoms with Crippen LogP contribution in [-0.4, -0.2) is 15.0 Å². The number of aromatic nitrogens is 3. The summed E-state index contributed by atoms with van der Waals surface area (Å²) in [4.78, 5) is 15.2. The lowest BCUT2D eigenvalue weighted by Crippen LogP contribution is -2.00. The Morgan fingerprint density at radius 3 is 1.39 bits per heavy atom. The summed E-state index contributed by atoms with van der Waals surface area (Å²) in [5.41, 5.74) is 10.1. The zero-order valence-electron chi connectivity index (χ0n) is 30.1. The molecular formula is C51H31N3S2. The molecule has 0 aliphatic carbocycles. The maximum atomic E-state index is 5.13. The van der Waals surface area contributed by atoms with Crippen molar-refractivity contribution < 1.29 is 0 Å². The highest BCUT2D eigenvalue weighted by molar-refractivity contribution is 7.26. The number of fused-ring (bicyclic) bond motifs is 6. The Morgan fingerprint density at radius 1 is 0.268 bits per heavy atom.